The molecule has 0 radical (unpaired) electrons. The molecule has 1 aliphatic heterocycles. The van der Waals surface area contributed by atoms with E-state index in [1.807, 2.05) is 0 Å². The molecule has 1 aromatic carbocycles. The molecule has 10 heteroatoms. The van der Waals surface area contributed by atoms with Gasteiger partial charge in [0.2, 0.25) is 0 Å². The lowest BCUT2D eigenvalue weighted by molar-refractivity contribution is -0.0960. The quantitative estimate of drug-likeness (QED) is 0.793. The highest BCUT2D eigenvalue weighted by Crippen LogP contribution is 2.28. The van der Waals surface area contributed by atoms with Crippen LogP contribution in [-0.2, 0) is 16.2 Å². The van der Waals surface area contributed by atoms with E-state index in [1.165, 1.54) is 7.11 Å². The van der Waals surface area contributed by atoms with Crippen LogP contribution in [0.15, 0.2) is 41.2 Å². The smallest absolute Gasteiger partial charge is 0.386 e. The first kappa shape index (κ1) is 18.6. The van der Waals surface area contributed by atoms with Gasteiger partial charge in [0.1, 0.15) is 6.26 Å². The van der Waals surface area contributed by atoms with Gasteiger partial charge in [0, 0.05) is 12.1 Å². The van der Waals surface area contributed by atoms with Crippen LogP contribution in [0.4, 0.5) is 18.0 Å². The van der Waals surface area contributed by atoms with Gasteiger partial charge >= 0.3 is 12.2 Å². The normalized spacial score (nSPS) is 14.0. The molecule has 0 unspecified atom stereocenters. The summed E-state index contributed by atoms with van der Waals surface area (Å²) in [6.45, 7) is 2.41. The lowest BCUT2D eigenvalue weighted by Gasteiger charge is -2.20. The third kappa shape index (κ3) is 4.86. The molecule has 0 fully saturated rings. The van der Waals surface area contributed by atoms with Crippen molar-refractivity contribution in [1.82, 2.24) is 15.9 Å². The van der Waals surface area contributed by atoms with Crippen molar-refractivity contribution in [3.63, 3.8) is 0 Å². The first-order valence-corrected chi connectivity index (χ1v) is 7.31. The second-order valence-corrected chi connectivity index (χ2v) is 4.93. The van der Waals surface area contributed by atoms with Gasteiger partial charge in [0.05, 0.1) is 13.7 Å². The van der Waals surface area contributed by atoms with E-state index in [0.29, 0.717) is 18.4 Å². The van der Waals surface area contributed by atoms with Gasteiger partial charge in [-0.2, -0.15) is 18.2 Å². The van der Waals surface area contributed by atoms with Crippen molar-refractivity contribution in [2.45, 2.75) is 19.6 Å². The highest BCUT2D eigenvalue weighted by molar-refractivity contribution is 5.99. The zero-order chi connectivity index (χ0) is 18.4. The largest absolute Gasteiger partial charge is 0.436 e. The maximum Gasteiger partial charge on any atom is 0.436 e. The van der Waals surface area contributed by atoms with E-state index >= 15 is 0 Å². The van der Waals surface area contributed by atoms with Crippen LogP contribution in [0.5, 0.6) is 0 Å². The fraction of sp³-hybridized carbons (Fsp3) is 0.333. The number of hydrogen-bond acceptors (Lipinski definition) is 5. The van der Waals surface area contributed by atoms with Gasteiger partial charge in [-0.05, 0) is 12.5 Å². The van der Waals surface area contributed by atoms with E-state index in [0.717, 1.165) is 10.6 Å². The van der Waals surface area contributed by atoms with Crippen LogP contribution in [0.25, 0.3) is 0 Å². The number of amides is 2. The highest BCUT2D eigenvalue weighted by atomic mass is 19.4. The molecule has 0 saturated heterocycles. The summed E-state index contributed by atoms with van der Waals surface area (Å²) in [4.78, 5) is 24.9. The SMILES string of the molecule is CCNC(=O)N(Cc1ccc(C2=NC(C(F)(F)F)=CON2)cc1)OC. The lowest BCUT2D eigenvalue weighted by atomic mass is 10.1. The molecule has 0 aromatic heterocycles. The number of hydrogen-bond donors (Lipinski definition) is 2. The fourth-order valence-corrected chi connectivity index (χ4v) is 1.96. The maximum absolute atomic E-state index is 12.7. The average molecular weight is 358 g/mol. The molecule has 2 rings (SSSR count). The Morgan fingerprint density at radius 2 is 2.04 bits per heavy atom. The predicted molar refractivity (Wildman–Crippen MR) is 83.0 cm³/mol. The van der Waals surface area contributed by atoms with Crippen LogP contribution >= 0.6 is 0 Å². The number of hydroxylamine groups is 3. The monoisotopic (exact) mass is 358 g/mol. The van der Waals surface area contributed by atoms with Gasteiger partial charge in [-0.1, -0.05) is 24.3 Å². The second-order valence-electron chi connectivity index (χ2n) is 4.93. The number of carbonyl (C=O) groups is 1. The van der Waals surface area contributed by atoms with Crippen molar-refractivity contribution in [2.24, 2.45) is 4.99 Å². The number of alkyl halides is 3. The average Bonchev–Trinajstić information content (AvgIpc) is 2.59. The van der Waals surface area contributed by atoms with E-state index < -0.39 is 11.9 Å². The highest BCUT2D eigenvalue weighted by Gasteiger charge is 2.36. The van der Waals surface area contributed by atoms with E-state index in [4.69, 9.17) is 4.84 Å². The van der Waals surface area contributed by atoms with Crippen molar-refractivity contribution in [1.29, 1.82) is 0 Å². The van der Waals surface area contributed by atoms with Gasteiger partial charge < -0.3 is 10.2 Å². The molecule has 1 heterocycles. The van der Waals surface area contributed by atoms with Crippen molar-refractivity contribution in [3.05, 3.63) is 47.4 Å². The summed E-state index contributed by atoms with van der Waals surface area (Å²) >= 11 is 0. The topological polar surface area (TPSA) is 75.2 Å². The minimum atomic E-state index is -4.60. The summed E-state index contributed by atoms with van der Waals surface area (Å²) in [5, 5.41) is 3.73. The van der Waals surface area contributed by atoms with Gasteiger partial charge in [0.25, 0.3) is 0 Å². The van der Waals surface area contributed by atoms with Crippen LogP contribution in [0.2, 0.25) is 0 Å². The number of urea groups is 1. The zero-order valence-electron chi connectivity index (χ0n) is 13.6. The molecule has 136 valence electrons. The number of carbonyl (C=O) groups excluding carboxylic acids is 1. The van der Waals surface area contributed by atoms with E-state index in [2.05, 4.69) is 20.6 Å². The fourth-order valence-electron chi connectivity index (χ4n) is 1.96. The van der Waals surface area contributed by atoms with Gasteiger partial charge in [-0.3, -0.25) is 4.84 Å². The Morgan fingerprint density at radius 1 is 1.36 bits per heavy atom. The first-order valence-electron chi connectivity index (χ1n) is 7.31. The van der Waals surface area contributed by atoms with Crippen molar-refractivity contribution in [3.8, 4) is 0 Å². The van der Waals surface area contributed by atoms with E-state index in [9.17, 15) is 18.0 Å². The van der Waals surface area contributed by atoms with Crippen molar-refractivity contribution in [2.75, 3.05) is 13.7 Å². The summed E-state index contributed by atoms with van der Waals surface area (Å²) < 4.78 is 38.0. The minimum absolute atomic E-state index is 0.0614. The van der Waals surface area contributed by atoms with Crippen LogP contribution in [0.3, 0.4) is 0 Å². The molecule has 1 aliphatic rings. The Labute approximate surface area is 142 Å². The van der Waals surface area contributed by atoms with Crippen LogP contribution in [-0.4, -0.2) is 36.8 Å². The summed E-state index contributed by atoms with van der Waals surface area (Å²) in [5.74, 6) is -0.0614. The van der Waals surface area contributed by atoms with E-state index in [1.54, 1.807) is 31.2 Å². The Balaban J connectivity index is 2.11. The predicted octanol–water partition coefficient (Wildman–Crippen LogP) is 2.46. The van der Waals surface area contributed by atoms with E-state index in [-0.39, 0.29) is 18.4 Å². The minimum Gasteiger partial charge on any atom is -0.386 e. The molecule has 0 saturated carbocycles. The third-order valence-electron chi connectivity index (χ3n) is 3.18. The number of amidine groups is 1. The Kier molecular flexibility index (Phi) is 5.86. The summed E-state index contributed by atoms with van der Waals surface area (Å²) in [7, 11) is 1.37. The molecule has 0 aliphatic carbocycles. The number of nitrogens with one attached hydrogen (secondary N) is 2. The molecule has 1 aromatic rings. The molecule has 0 bridgehead atoms. The maximum atomic E-state index is 12.7. The Bertz CT molecular complexity index is 672. The molecule has 25 heavy (non-hydrogen) atoms. The number of rotatable bonds is 5. The summed E-state index contributed by atoms with van der Waals surface area (Å²) in [6, 6.07) is 6.04. The number of halogens is 3. The zero-order valence-corrected chi connectivity index (χ0v) is 13.6. The lowest BCUT2D eigenvalue weighted by Crippen LogP contribution is -2.38. The van der Waals surface area contributed by atoms with Crippen molar-refractivity contribution < 1.29 is 27.6 Å². The second kappa shape index (κ2) is 7.88. The standard InChI is InChI=1S/C15H17F3N4O3/c1-3-19-14(23)22(24-2)8-10-4-6-11(7-5-10)13-20-12(9-25-21-13)15(16,17)18/h4-7,9H,3,8H2,1-2H3,(H,19,23)(H,20,21). The first-order chi connectivity index (χ1) is 11.8. The Morgan fingerprint density at radius 3 is 2.60 bits per heavy atom. The van der Waals surface area contributed by atoms with Crippen LogP contribution in [0.1, 0.15) is 18.1 Å². The summed E-state index contributed by atoms with van der Waals surface area (Å²) in [6.07, 6.45) is -4.10. The number of allylic oxidation sites excluding steroid dienone is 1. The van der Waals surface area contributed by atoms with Gasteiger partial charge in [-0.25, -0.2) is 15.3 Å². The van der Waals surface area contributed by atoms with Crippen molar-refractivity contribution >= 4 is 11.9 Å². The molecule has 7 nitrogen and oxygen atoms in total. The number of benzene rings is 1. The number of nitrogens with zero attached hydrogens (tertiary/aromatic N) is 2. The summed E-state index contributed by atoms with van der Waals surface area (Å²) in [5.41, 5.74) is 2.31. The van der Waals surface area contributed by atoms with Gasteiger partial charge in [0.15, 0.2) is 11.5 Å². The molecule has 0 spiro atoms. The molecule has 2 N–H and O–H groups in total. The number of aliphatic imine (C=N–C) groups is 1. The van der Waals surface area contributed by atoms with Crippen LogP contribution in [0, 0.1) is 0 Å². The molecular weight excluding hydrogens is 341 g/mol. The third-order valence-corrected chi connectivity index (χ3v) is 3.18. The van der Waals surface area contributed by atoms with Gasteiger partial charge in [-0.15, -0.1) is 0 Å². The molecule has 2 amide bonds. The molecule has 0 atom stereocenters. The Hall–Kier alpha value is -2.75. The molecular formula is C15H17F3N4O3. The van der Waals surface area contributed by atoms with Crippen LogP contribution < -0.4 is 10.8 Å².